The first-order chi connectivity index (χ1) is 11.6. The Morgan fingerprint density at radius 2 is 2.00 bits per heavy atom. The second-order valence-corrected chi connectivity index (χ2v) is 6.03. The minimum absolute atomic E-state index is 0.173. The maximum absolute atomic E-state index is 11.6. The van der Waals surface area contributed by atoms with Crippen LogP contribution in [-0.4, -0.2) is 70.1 Å². The van der Waals surface area contributed by atoms with Gasteiger partial charge in [-0.15, -0.1) is 0 Å². The number of hydrogen-bond acceptors (Lipinski definition) is 5. The molecule has 1 aliphatic rings. The van der Waals surface area contributed by atoms with Crippen LogP contribution in [0.4, 0.5) is 0 Å². The minimum Gasteiger partial charge on any atom is -0.395 e. The summed E-state index contributed by atoms with van der Waals surface area (Å²) in [5.74, 6) is -0.173. The van der Waals surface area contributed by atoms with Gasteiger partial charge in [0.1, 0.15) is 6.10 Å². The van der Waals surface area contributed by atoms with Crippen LogP contribution in [0.5, 0.6) is 0 Å². The maximum Gasteiger partial charge on any atom is 0.220 e. The van der Waals surface area contributed by atoms with E-state index in [1.54, 1.807) is 6.92 Å². The highest BCUT2D eigenvalue weighted by Gasteiger charge is 2.41. The topological polar surface area (TPSA) is 93.0 Å². The number of aliphatic hydroxyl groups excluding tert-OH is 3. The van der Waals surface area contributed by atoms with Gasteiger partial charge in [0, 0.05) is 19.5 Å². The number of rotatable bonds is 6. The first kappa shape index (κ1) is 18.6. The van der Waals surface area contributed by atoms with Crippen molar-refractivity contribution in [2.75, 3.05) is 19.7 Å². The Kier molecular flexibility index (Phi) is 6.93. The quantitative estimate of drug-likeness (QED) is 0.587. The Labute approximate surface area is 142 Å². The average molecular weight is 334 g/mol. The molecule has 0 aliphatic carbocycles. The molecule has 0 spiro atoms. The van der Waals surface area contributed by atoms with E-state index in [0.29, 0.717) is 19.5 Å². The predicted molar refractivity (Wildman–Crippen MR) is 92.2 cm³/mol. The van der Waals surface area contributed by atoms with Gasteiger partial charge in [-0.05, 0) is 5.56 Å². The summed E-state index contributed by atoms with van der Waals surface area (Å²) in [6.07, 6.45) is 2.02. The molecule has 1 saturated heterocycles. The summed E-state index contributed by atoms with van der Waals surface area (Å²) in [6.45, 7) is 2.35. The number of nitrogens with one attached hydrogen (secondary N) is 1. The fraction of sp³-hybridized carbons (Fsp3) is 0.500. The number of aliphatic hydroxyl groups is 3. The van der Waals surface area contributed by atoms with Crippen molar-refractivity contribution in [2.24, 2.45) is 0 Å². The SMILES string of the molecule is CCC(=O)N[C@H]1CN(C/C=C/c2ccccc2)[C@H](CO)[C@@H](O)[C@@H]1O. The molecule has 24 heavy (non-hydrogen) atoms. The zero-order valence-electron chi connectivity index (χ0n) is 13.9. The Morgan fingerprint density at radius 3 is 2.62 bits per heavy atom. The molecule has 1 aromatic rings. The molecular formula is C18H26N2O4. The summed E-state index contributed by atoms with van der Waals surface area (Å²) in [6, 6.07) is 8.71. The number of nitrogens with zero attached hydrogens (tertiary/aromatic N) is 1. The molecule has 6 nitrogen and oxygen atoms in total. The van der Waals surface area contributed by atoms with E-state index in [1.807, 2.05) is 47.4 Å². The van der Waals surface area contributed by atoms with Crippen LogP contribution in [0.1, 0.15) is 18.9 Å². The molecule has 1 aromatic carbocycles. The lowest BCUT2D eigenvalue weighted by molar-refractivity contribution is -0.129. The van der Waals surface area contributed by atoms with Crippen molar-refractivity contribution in [3.8, 4) is 0 Å². The van der Waals surface area contributed by atoms with Crippen LogP contribution >= 0.6 is 0 Å². The fourth-order valence-corrected chi connectivity index (χ4v) is 2.94. The predicted octanol–water partition coefficient (Wildman–Crippen LogP) is -0.00710. The number of carbonyl (C=O) groups is 1. The summed E-state index contributed by atoms with van der Waals surface area (Å²) in [5.41, 5.74) is 1.06. The van der Waals surface area contributed by atoms with Gasteiger partial charge in [-0.3, -0.25) is 9.69 Å². The number of hydrogen-bond donors (Lipinski definition) is 4. The molecule has 1 fully saturated rings. The van der Waals surface area contributed by atoms with Crippen molar-refractivity contribution in [1.82, 2.24) is 10.2 Å². The molecule has 4 atom stereocenters. The molecule has 4 N–H and O–H groups in total. The molecule has 1 amide bonds. The van der Waals surface area contributed by atoms with Crippen LogP contribution in [0.2, 0.25) is 0 Å². The lowest BCUT2D eigenvalue weighted by Crippen LogP contribution is -2.66. The number of amides is 1. The van der Waals surface area contributed by atoms with Crippen LogP contribution in [0.15, 0.2) is 36.4 Å². The fourth-order valence-electron chi connectivity index (χ4n) is 2.94. The Bertz CT molecular complexity index is 549. The van der Waals surface area contributed by atoms with Gasteiger partial charge < -0.3 is 20.6 Å². The van der Waals surface area contributed by atoms with E-state index in [-0.39, 0.29) is 12.5 Å². The average Bonchev–Trinajstić information content (AvgIpc) is 2.60. The molecule has 6 heteroatoms. The van der Waals surface area contributed by atoms with Crippen molar-refractivity contribution in [3.05, 3.63) is 42.0 Å². The molecule has 132 valence electrons. The third kappa shape index (κ3) is 4.64. The van der Waals surface area contributed by atoms with E-state index in [0.717, 1.165) is 5.56 Å². The van der Waals surface area contributed by atoms with E-state index in [1.165, 1.54) is 0 Å². The third-order valence-electron chi connectivity index (χ3n) is 4.36. The summed E-state index contributed by atoms with van der Waals surface area (Å²) in [5, 5.41) is 32.7. The van der Waals surface area contributed by atoms with Crippen molar-refractivity contribution in [3.63, 3.8) is 0 Å². The lowest BCUT2D eigenvalue weighted by Gasteiger charge is -2.44. The normalized spacial score (nSPS) is 28.2. The molecule has 0 radical (unpaired) electrons. The van der Waals surface area contributed by atoms with Crippen LogP contribution < -0.4 is 5.32 Å². The number of carbonyl (C=O) groups excluding carboxylic acids is 1. The van der Waals surface area contributed by atoms with Gasteiger partial charge in [-0.25, -0.2) is 0 Å². The molecule has 1 aliphatic heterocycles. The Balaban J connectivity index is 2.04. The molecular weight excluding hydrogens is 308 g/mol. The summed E-state index contributed by atoms with van der Waals surface area (Å²) in [7, 11) is 0. The van der Waals surface area contributed by atoms with Crippen LogP contribution in [0.25, 0.3) is 6.08 Å². The van der Waals surface area contributed by atoms with Gasteiger partial charge in [0.15, 0.2) is 0 Å². The van der Waals surface area contributed by atoms with Gasteiger partial charge >= 0.3 is 0 Å². The third-order valence-corrected chi connectivity index (χ3v) is 4.36. The largest absolute Gasteiger partial charge is 0.395 e. The summed E-state index contributed by atoms with van der Waals surface area (Å²) >= 11 is 0. The van der Waals surface area contributed by atoms with E-state index in [2.05, 4.69) is 5.32 Å². The van der Waals surface area contributed by atoms with E-state index in [4.69, 9.17) is 0 Å². The van der Waals surface area contributed by atoms with Gasteiger partial charge in [-0.2, -0.15) is 0 Å². The van der Waals surface area contributed by atoms with Gasteiger partial charge in [-0.1, -0.05) is 49.4 Å². The standard InChI is InChI=1S/C18H26N2O4/c1-2-16(22)19-14-11-20(15(12-21)18(24)17(14)23)10-6-9-13-7-4-3-5-8-13/h3-9,14-15,17-18,21,23-24H,2,10-12H2,1H3,(H,19,22)/b9-6+/t14-,15+,17+,18+/m0/s1. The van der Waals surface area contributed by atoms with Crippen molar-refractivity contribution < 1.29 is 20.1 Å². The van der Waals surface area contributed by atoms with E-state index < -0.39 is 24.3 Å². The smallest absolute Gasteiger partial charge is 0.220 e. The molecule has 0 bridgehead atoms. The van der Waals surface area contributed by atoms with Crippen molar-refractivity contribution in [1.29, 1.82) is 0 Å². The Hall–Kier alpha value is -1.73. The maximum atomic E-state index is 11.6. The second kappa shape index (κ2) is 8.94. The van der Waals surface area contributed by atoms with Gasteiger partial charge in [0.25, 0.3) is 0 Å². The van der Waals surface area contributed by atoms with Crippen LogP contribution in [0, 0.1) is 0 Å². The summed E-state index contributed by atoms with van der Waals surface area (Å²) in [4.78, 5) is 13.5. The zero-order valence-corrected chi connectivity index (χ0v) is 13.9. The number of likely N-dealkylation sites (tertiary alicyclic amines) is 1. The highest BCUT2D eigenvalue weighted by atomic mass is 16.3. The minimum atomic E-state index is -1.11. The molecule has 2 rings (SSSR count). The van der Waals surface area contributed by atoms with Gasteiger partial charge in [0.2, 0.25) is 5.91 Å². The highest BCUT2D eigenvalue weighted by Crippen LogP contribution is 2.19. The highest BCUT2D eigenvalue weighted by molar-refractivity contribution is 5.76. The number of piperidine rings is 1. The van der Waals surface area contributed by atoms with Crippen molar-refractivity contribution >= 4 is 12.0 Å². The second-order valence-electron chi connectivity index (χ2n) is 6.03. The lowest BCUT2D eigenvalue weighted by atomic mass is 9.92. The van der Waals surface area contributed by atoms with Crippen LogP contribution in [0.3, 0.4) is 0 Å². The summed E-state index contributed by atoms with van der Waals surface area (Å²) < 4.78 is 0. The zero-order chi connectivity index (χ0) is 17.5. The van der Waals surface area contributed by atoms with Crippen molar-refractivity contribution in [2.45, 2.75) is 37.6 Å². The molecule has 1 heterocycles. The molecule has 0 unspecified atom stereocenters. The molecule has 0 saturated carbocycles. The van der Waals surface area contributed by atoms with E-state index >= 15 is 0 Å². The van der Waals surface area contributed by atoms with Gasteiger partial charge in [0.05, 0.1) is 24.8 Å². The Morgan fingerprint density at radius 1 is 1.29 bits per heavy atom. The first-order valence-electron chi connectivity index (χ1n) is 8.28. The van der Waals surface area contributed by atoms with E-state index in [9.17, 15) is 20.1 Å². The first-order valence-corrected chi connectivity index (χ1v) is 8.28. The number of benzene rings is 1. The van der Waals surface area contributed by atoms with Crippen LogP contribution in [-0.2, 0) is 4.79 Å². The molecule has 0 aromatic heterocycles. The monoisotopic (exact) mass is 334 g/mol.